The van der Waals surface area contributed by atoms with Gasteiger partial charge < -0.3 is 15.4 Å². The molecule has 0 aliphatic carbocycles. The van der Waals surface area contributed by atoms with E-state index < -0.39 is 0 Å². The second kappa shape index (κ2) is 56.7. The van der Waals surface area contributed by atoms with E-state index in [0.717, 1.165) is 38.5 Å². The van der Waals surface area contributed by atoms with E-state index in [-0.39, 0.29) is 11.8 Å². The maximum Gasteiger partial charge on any atom is 0.255 e. The Hall–Kier alpha value is -2.04. The highest BCUT2D eigenvalue weighted by molar-refractivity contribution is 6.00. The molecule has 0 fully saturated rings. The third-order valence-electron chi connectivity index (χ3n) is 15.6. The Kier molecular flexibility index (Phi) is 53.5. The largest absolute Gasteiger partial charge is 0.493 e. The van der Waals surface area contributed by atoms with Gasteiger partial charge in [0, 0.05) is 18.7 Å². The molecule has 72 heavy (non-hydrogen) atoms. The average molecular weight is 1010 g/mol. The average Bonchev–Trinajstić information content (AvgIpc) is 3.39. The van der Waals surface area contributed by atoms with Crippen LogP contribution < -0.4 is 15.4 Å². The van der Waals surface area contributed by atoms with E-state index >= 15 is 0 Å². The van der Waals surface area contributed by atoms with Gasteiger partial charge in [0.1, 0.15) is 5.75 Å². The third kappa shape index (κ3) is 46.5. The minimum absolute atomic E-state index is 0.0796. The lowest BCUT2D eigenvalue weighted by Gasteiger charge is -2.14. The van der Waals surface area contributed by atoms with Crippen molar-refractivity contribution >= 4 is 11.8 Å². The number of ether oxygens (including phenoxy) is 1. The van der Waals surface area contributed by atoms with Crippen LogP contribution in [0.15, 0.2) is 18.2 Å². The number of hydrogen-bond donors (Lipinski definition) is 2. The second-order valence-electron chi connectivity index (χ2n) is 22.7. The molecular formula is C67H126N2O3. The maximum absolute atomic E-state index is 13.4. The minimum atomic E-state index is -0.0998. The summed E-state index contributed by atoms with van der Waals surface area (Å²) in [6, 6.07) is 5.37. The second-order valence-corrected chi connectivity index (χ2v) is 22.7. The molecule has 0 unspecified atom stereocenters. The normalized spacial score (nSPS) is 11.4. The van der Waals surface area contributed by atoms with Crippen molar-refractivity contribution in [1.29, 1.82) is 0 Å². The Morgan fingerprint density at radius 3 is 0.819 bits per heavy atom. The Bertz CT molecular complexity index is 1270. The highest BCUT2D eigenvalue weighted by atomic mass is 16.5. The first-order valence-electron chi connectivity index (χ1n) is 33.0. The summed E-state index contributed by atoms with van der Waals surface area (Å²) in [5, 5.41) is 6.28. The van der Waals surface area contributed by atoms with Gasteiger partial charge in [-0.3, -0.25) is 9.59 Å². The highest BCUT2D eigenvalue weighted by Gasteiger charge is 2.16. The summed E-state index contributed by atoms with van der Waals surface area (Å²) in [6.07, 6.45) is 72.2. The van der Waals surface area contributed by atoms with Crippen LogP contribution in [0, 0.1) is 0 Å². The van der Waals surface area contributed by atoms with Gasteiger partial charge in [0.25, 0.3) is 11.8 Å². The fourth-order valence-corrected chi connectivity index (χ4v) is 10.6. The van der Waals surface area contributed by atoms with Crippen molar-refractivity contribution in [1.82, 2.24) is 10.6 Å². The topological polar surface area (TPSA) is 67.4 Å². The van der Waals surface area contributed by atoms with E-state index in [1.54, 1.807) is 18.2 Å². The summed E-state index contributed by atoms with van der Waals surface area (Å²) in [7, 11) is 0. The van der Waals surface area contributed by atoms with E-state index in [1.807, 2.05) is 0 Å². The van der Waals surface area contributed by atoms with Crippen molar-refractivity contribution in [3.8, 4) is 5.75 Å². The quantitative estimate of drug-likeness (QED) is 0.0639. The first kappa shape index (κ1) is 68.0. The van der Waals surface area contributed by atoms with Crippen LogP contribution in [-0.2, 0) is 0 Å². The molecule has 422 valence electrons. The molecule has 0 radical (unpaired) electrons. The van der Waals surface area contributed by atoms with E-state index in [0.29, 0.717) is 36.6 Å². The molecule has 0 heterocycles. The van der Waals surface area contributed by atoms with Crippen LogP contribution >= 0.6 is 0 Å². The standard InChI is InChI=1S/C67H126N2O3/c1-4-7-10-13-15-17-19-21-23-25-27-29-31-33-35-37-39-41-43-45-47-49-51-54-59-68-66(70)63-57-58-64(65(62-63)72-61-56-53-12-9-6-3)67(71)69-60-55-52-50-48-46-44-42-40-38-36-34-32-30-28-26-24-22-20-18-16-14-11-8-5-2/h57-58,62H,4-56,59-61H2,1-3H3,(H,68,70)(H,69,71). The predicted octanol–water partition coefficient (Wildman–Crippen LogP) is 22.3. The summed E-state index contributed by atoms with van der Waals surface area (Å²) < 4.78 is 6.21. The summed E-state index contributed by atoms with van der Waals surface area (Å²) in [5.74, 6) is 0.353. The number of unbranched alkanes of at least 4 members (excludes halogenated alkanes) is 50. The molecule has 0 aromatic heterocycles. The number of hydrogen-bond acceptors (Lipinski definition) is 3. The predicted molar refractivity (Wildman–Crippen MR) is 318 cm³/mol. The summed E-state index contributed by atoms with van der Waals surface area (Å²) >= 11 is 0. The van der Waals surface area contributed by atoms with E-state index in [1.165, 1.54) is 302 Å². The van der Waals surface area contributed by atoms with Crippen molar-refractivity contribution in [2.24, 2.45) is 0 Å². The fraction of sp³-hybridized carbons (Fsp3) is 0.881. The van der Waals surface area contributed by atoms with Crippen LogP contribution in [0.3, 0.4) is 0 Å². The van der Waals surface area contributed by atoms with E-state index in [4.69, 9.17) is 4.74 Å². The van der Waals surface area contributed by atoms with Crippen molar-refractivity contribution in [3.05, 3.63) is 29.3 Å². The molecule has 0 saturated heterocycles. The summed E-state index contributed by atoms with van der Waals surface area (Å²) in [4.78, 5) is 26.5. The van der Waals surface area contributed by atoms with E-state index in [9.17, 15) is 9.59 Å². The Morgan fingerprint density at radius 1 is 0.306 bits per heavy atom. The highest BCUT2D eigenvalue weighted by Crippen LogP contribution is 2.23. The van der Waals surface area contributed by atoms with Gasteiger partial charge in [0.15, 0.2) is 0 Å². The molecule has 0 bridgehead atoms. The van der Waals surface area contributed by atoms with Crippen LogP contribution in [0.1, 0.15) is 382 Å². The first-order valence-corrected chi connectivity index (χ1v) is 33.0. The van der Waals surface area contributed by atoms with Gasteiger partial charge >= 0.3 is 0 Å². The SMILES string of the molecule is CCCCCCCCCCCCCCCCCCCCCCCCCCNC(=O)c1ccc(C(=O)NCCCCCCCCCCCCCCCCCCCCCCCCCC)c(OCCCCCCC)c1. The zero-order valence-electron chi connectivity index (χ0n) is 49.1. The summed E-state index contributed by atoms with van der Waals surface area (Å²) in [5.41, 5.74) is 1.11. The van der Waals surface area contributed by atoms with Crippen molar-refractivity contribution < 1.29 is 14.3 Å². The zero-order chi connectivity index (χ0) is 51.7. The molecule has 2 amide bonds. The van der Waals surface area contributed by atoms with Gasteiger partial charge in [-0.15, -0.1) is 0 Å². The van der Waals surface area contributed by atoms with Gasteiger partial charge in [0.05, 0.1) is 12.2 Å². The number of amides is 2. The molecule has 1 aromatic rings. The zero-order valence-corrected chi connectivity index (χ0v) is 49.1. The molecule has 0 aliphatic heterocycles. The number of nitrogens with one attached hydrogen (secondary N) is 2. The number of rotatable bonds is 59. The molecule has 0 saturated carbocycles. The maximum atomic E-state index is 13.4. The minimum Gasteiger partial charge on any atom is -0.493 e. The smallest absolute Gasteiger partial charge is 0.255 e. The number of carbonyl (C=O) groups excluding carboxylic acids is 2. The summed E-state index contributed by atoms with van der Waals surface area (Å²) in [6.45, 7) is 8.76. The van der Waals surface area contributed by atoms with Crippen LogP contribution in [-0.4, -0.2) is 31.5 Å². The van der Waals surface area contributed by atoms with E-state index in [2.05, 4.69) is 31.4 Å². The molecule has 1 aromatic carbocycles. The molecule has 0 spiro atoms. The fourth-order valence-electron chi connectivity index (χ4n) is 10.6. The van der Waals surface area contributed by atoms with Crippen molar-refractivity contribution in [2.45, 2.75) is 361 Å². The molecule has 5 heteroatoms. The molecule has 0 aliphatic rings. The first-order chi connectivity index (χ1) is 35.6. The van der Waals surface area contributed by atoms with Crippen LogP contribution in [0.5, 0.6) is 5.75 Å². The van der Waals surface area contributed by atoms with Gasteiger partial charge in [-0.2, -0.15) is 0 Å². The van der Waals surface area contributed by atoms with Gasteiger partial charge in [-0.25, -0.2) is 0 Å². The number of benzene rings is 1. The van der Waals surface area contributed by atoms with Crippen molar-refractivity contribution in [2.75, 3.05) is 19.7 Å². The Labute approximate surface area is 450 Å². The Morgan fingerprint density at radius 2 is 0.542 bits per heavy atom. The van der Waals surface area contributed by atoms with Crippen LogP contribution in [0.2, 0.25) is 0 Å². The molecule has 5 nitrogen and oxygen atoms in total. The Balaban J connectivity index is 2.10. The van der Waals surface area contributed by atoms with Gasteiger partial charge in [-0.05, 0) is 37.5 Å². The van der Waals surface area contributed by atoms with Crippen molar-refractivity contribution in [3.63, 3.8) is 0 Å². The molecule has 1 rings (SSSR count). The number of carbonyl (C=O) groups is 2. The lowest BCUT2D eigenvalue weighted by atomic mass is 10.0. The lowest BCUT2D eigenvalue weighted by Crippen LogP contribution is -2.26. The van der Waals surface area contributed by atoms with Gasteiger partial charge in [-0.1, -0.05) is 342 Å². The molecule has 0 atom stereocenters. The lowest BCUT2D eigenvalue weighted by molar-refractivity contribution is 0.0937. The van der Waals surface area contributed by atoms with Crippen LogP contribution in [0.25, 0.3) is 0 Å². The monoisotopic (exact) mass is 1010 g/mol. The third-order valence-corrected chi connectivity index (χ3v) is 15.6. The van der Waals surface area contributed by atoms with Gasteiger partial charge in [0.2, 0.25) is 0 Å². The van der Waals surface area contributed by atoms with Crippen LogP contribution in [0.4, 0.5) is 0 Å². The molecule has 2 N–H and O–H groups in total. The molecular weight excluding hydrogens is 881 g/mol.